The van der Waals surface area contributed by atoms with E-state index in [0.717, 1.165) is 17.5 Å². The third-order valence-corrected chi connectivity index (χ3v) is 4.33. The Bertz CT molecular complexity index is 795. The number of benzene rings is 1. The van der Waals surface area contributed by atoms with Crippen molar-refractivity contribution in [3.05, 3.63) is 53.2 Å². The number of thioether (sulfide) groups is 1. The van der Waals surface area contributed by atoms with Gasteiger partial charge in [-0.05, 0) is 49.0 Å². The molecule has 1 saturated heterocycles. The summed E-state index contributed by atoms with van der Waals surface area (Å²) in [5.74, 6) is 0.200. The van der Waals surface area contributed by atoms with Crippen LogP contribution in [0, 0.1) is 0 Å². The Kier molecular flexibility index (Phi) is 4.25. The summed E-state index contributed by atoms with van der Waals surface area (Å²) >= 11 is 0.940. The first-order chi connectivity index (χ1) is 11.1. The number of carbonyl (C=O) groups is 2. The molecule has 0 radical (unpaired) electrons. The lowest BCUT2D eigenvalue weighted by atomic mass is 10.2. The Morgan fingerprint density at radius 2 is 1.96 bits per heavy atom. The normalized spacial score (nSPS) is 16.4. The number of para-hydroxylation sites is 2. The average molecular weight is 328 g/mol. The van der Waals surface area contributed by atoms with E-state index < -0.39 is 0 Å². The maximum atomic E-state index is 12.7. The molecule has 0 N–H and O–H groups in total. The summed E-state index contributed by atoms with van der Waals surface area (Å²) in [6.45, 7) is 2.33. The summed E-state index contributed by atoms with van der Waals surface area (Å²) in [5.41, 5.74) is 1.35. The predicted octanol–water partition coefficient (Wildman–Crippen LogP) is 3.66. The smallest absolute Gasteiger partial charge is 0.298 e. The van der Waals surface area contributed by atoms with E-state index in [2.05, 4.69) is 0 Å². The van der Waals surface area contributed by atoms with Crippen LogP contribution in [0.4, 0.5) is 10.5 Å². The number of nitrogens with zero attached hydrogens (tertiary/aromatic N) is 2. The van der Waals surface area contributed by atoms with E-state index in [9.17, 15) is 9.59 Å². The van der Waals surface area contributed by atoms with Gasteiger partial charge in [-0.15, -0.1) is 0 Å². The number of imide groups is 1. The van der Waals surface area contributed by atoms with Crippen molar-refractivity contribution >= 4 is 34.7 Å². The molecule has 1 aromatic heterocycles. The number of carbonyl (C=O) groups excluding carboxylic acids is 2. The zero-order valence-electron chi connectivity index (χ0n) is 12.9. The van der Waals surface area contributed by atoms with Gasteiger partial charge < -0.3 is 9.30 Å². The van der Waals surface area contributed by atoms with E-state index >= 15 is 0 Å². The Morgan fingerprint density at radius 1 is 1.17 bits per heavy atom. The van der Waals surface area contributed by atoms with Gasteiger partial charge in [0.05, 0.1) is 17.2 Å². The first kappa shape index (κ1) is 15.4. The second-order valence-electron chi connectivity index (χ2n) is 4.96. The average Bonchev–Trinajstić information content (AvgIpc) is 3.05. The highest BCUT2D eigenvalue weighted by atomic mass is 32.2. The third-order valence-electron chi connectivity index (χ3n) is 3.46. The molecule has 1 aliphatic heterocycles. The van der Waals surface area contributed by atoms with Gasteiger partial charge >= 0.3 is 0 Å². The summed E-state index contributed by atoms with van der Waals surface area (Å²) in [5, 5.41) is -0.317. The zero-order chi connectivity index (χ0) is 16.4. The molecule has 3 rings (SSSR count). The van der Waals surface area contributed by atoms with E-state index in [4.69, 9.17) is 4.74 Å². The molecule has 0 aliphatic carbocycles. The topological polar surface area (TPSA) is 51.5 Å². The van der Waals surface area contributed by atoms with Crippen LogP contribution in [0.1, 0.15) is 12.6 Å². The minimum absolute atomic E-state index is 0.317. The van der Waals surface area contributed by atoms with Crippen LogP contribution in [0.2, 0.25) is 0 Å². The van der Waals surface area contributed by atoms with Gasteiger partial charge in [0.25, 0.3) is 11.1 Å². The Hall–Kier alpha value is -2.47. The van der Waals surface area contributed by atoms with Gasteiger partial charge in [0.2, 0.25) is 0 Å². The van der Waals surface area contributed by atoms with Crippen molar-refractivity contribution in [1.29, 1.82) is 0 Å². The van der Waals surface area contributed by atoms with E-state index in [0.29, 0.717) is 22.9 Å². The molecule has 2 heterocycles. The molecule has 1 aliphatic rings. The molecule has 2 amide bonds. The molecule has 1 fully saturated rings. The van der Waals surface area contributed by atoms with Crippen LogP contribution in [-0.2, 0) is 11.8 Å². The SMILES string of the molecule is CCOc1ccccc1N1C(=O)S/C(=C/c2cccn2C)C1=O. The van der Waals surface area contributed by atoms with Crippen molar-refractivity contribution in [3.63, 3.8) is 0 Å². The number of aryl methyl sites for hydroxylation is 1. The minimum atomic E-state index is -0.326. The summed E-state index contributed by atoms with van der Waals surface area (Å²) < 4.78 is 7.42. The molecule has 0 atom stereocenters. The van der Waals surface area contributed by atoms with Crippen LogP contribution in [0.25, 0.3) is 6.08 Å². The maximum absolute atomic E-state index is 12.7. The number of hydrogen-bond acceptors (Lipinski definition) is 4. The molecule has 6 heteroatoms. The molecule has 5 nitrogen and oxygen atoms in total. The standard InChI is InChI=1S/C17H16N2O3S/c1-3-22-14-9-5-4-8-13(14)19-16(20)15(23-17(19)21)11-12-7-6-10-18(12)2/h4-11H,3H2,1-2H3/b15-11+. The molecule has 1 aromatic carbocycles. The van der Waals surface area contributed by atoms with Crippen LogP contribution in [0.15, 0.2) is 47.5 Å². The van der Waals surface area contributed by atoms with Crippen LogP contribution < -0.4 is 9.64 Å². The van der Waals surface area contributed by atoms with Crippen LogP contribution in [0.3, 0.4) is 0 Å². The number of anilines is 1. The van der Waals surface area contributed by atoms with Crippen LogP contribution in [-0.4, -0.2) is 22.3 Å². The van der Waals surface area contributed by atoms with E-state index in [1.165, 1.54) is 4.90 Å². The predicted molar refractivity (Wildman–Crippen MR) is 91.5 cm³/mol. The molecule has 0 unspecified atom stereocenters. The van der Waals surface area contributed by atoms with Crippen molar-refractivity contribution in [2.75, 3.05) is 11.5 Å². The number of amides is 2. The fourth-order valence-corrected chi connectivity index (χ4v) is 3.17. The number of aromatic nitrogens is 1. The largest absolute Gasteiger partial charge is 0.492 e. The first-order valence-corrected chi connectivity index (χ1v) is 8.04. The van der Waals surface area contributed by atoms with E-state index in [-0.39, 0.29) is 11.1 Å². The Labute approximate surface area is 138 Å². The monoisotopic (exact) mass is 328 g/mol. The molecule has 118 valence electrons. The number of ether oxygens (including phenoxy) is 1. The first-order valence-electron chi connectivity index (χ1n) is 7.23. The third kappa shape index (κ3) is 2.90. The summed E-state index contributed by atoms with van der Waals surface area (Å²) in [7, 11) is 1.89. The molecule has 23 heavy (non-hydrogen) atoms. The zero-order valence-corrected chi connectivity index (χ0v) is 13.7. The van der Waals surface area contributed by atoms with Gasteiger partial charge in [-0.3, -0.25) is 9.59 Å². The number of hydrogen-bond donors (Lipinski definition) is 0. The fourth-order valence-electron chi connectivity index (χ4n) is 2.35. The summed E-state index contributed by atoms with van der Waals surface area (Å²) in [4.78, 5) is 26.6. The highest BCUT2D eigenvalue weighted by Gasteiger charge is 2.37. The summed E-state index contributed by atoms with van der Waals surface area (Å²) in [6, 6.07) is 10.8. The lowest BCUT2D eigenvalue weighted by molar-refractivity contribution is -0.113. The summed E-state index contributed by atoms with van der Waals surface area (Å²) in [6.07, 6.45) is 3.62. The van der Waals surface area contributed by atoms with Crippen molar-refractivity contribution in [2.24, 2.45) is 7.05 Å². The van der Waals surface area contributed by atoms with Crippen molar-refractivity contribution in [2.45, 2.75) is 6.92 Å². The molecule has 0 saturated carbocycles. The van der Waals surface area contributed by atoms with E-state index in [1.807, 2.05) is 42.9 Å². The Balaban J connectivity index is 1.97. The minimum Gasteiger partial charge on any atom is -0.492 e. The highest BCUT2D eigenvalue weighted by Crippen LogP contribution is 2.39. The van der Waals surface area contributed by atoms with Gasteiger partial charge in [-0.25, -0.2) is 4.90 Å². The van der Waals surface area contributed by atoms with Crippen LogP contribution >= 0.6 is 11.8 Å². The number of rotatable bonds is 4. The van der Waals surface area contributed by atoms with Gasteiger partial charge in [0, 0.05) is 18.9 Å². The lowest BCUT2D eigenvalue weighted by Gasteiger charge is -2.16. The second kappa shape index (κ2) is 6.34. The molecule has 0 bridgehead atoms. The fraction of sp³-hybridized carbons (Fsp3) is 0.176. The maximum Gasteiger partial charge on any atom is 0.298 e. The van der Waals surface area contributed by atoms with Gasteiger partial charge in [-0.2, -0.15) is 0 Å². The van der Waals surface area contributed by atoms with Gasteiger partial charge in [-0.1, -0.05) is 12.1 Å². The quantitative estimate of drug-likeness (QED) is 0.804. The van der Waals surface area contributed by atoms with Crippen molar-refractivity contribution < 1.29 is 14.3 Å². The van der Waals surface area contributed by atoms with Gasteiger partial charge in [0.1, 0.15) is 5.75 Å². The highest BCUT2D eigenvalue weighted by molar-refractivity contribution is 8.19. The van der Waals surface area contributed by atoms with Crippen molar-refractivity contribution in [3.8, 4) is 5.75 Å². The molecule has 0 spiro atoms. The Morgan fingerprint density at radius 3 is 2.65 bits per heavy atom. The lowest BCUT2D eigenvalue weighted by Crippen LogP contribution is -2.28. The van der Waals surface area contributed by atoms with Crippen molar-refractivity contribution in [1.82, 2.24) is 4.57 Å². The molecule has 2 aromatic rings. The van der Waals surface area contributed by atoms with Crippen LogP contribution in [0.5, 0.6) is 5.75 Å². The molecular weight excluding hydrogens is 312 g/mol. The molecular formula is C17H16N2O3S. The van der Waals surface area contributed by atoms with E-state index in [1.54, 1.807) is 24.3 Å². The second-order valence-corrected chi connectivity index (χ2v) is 5.96. The van der Waals surface area contributed by atoms with Gasteiger partial charge in [0.15, 0.2) is 0 Å².